The molecule has 4 aromatic rings. The zero-order valence-electron chi connectivity index (χ0n) is 15.4. The highest BCUT2D eigenvalue weighted by atomic mass is 35.5. The lowest BCUT2D eigenvalue weighted by molar-refractivity contribution is -0.118. The summed E-state index contributed by atoms with van der Waals surface area (Å²) < 4.78 is 10.6. The monoisotopic (exact) mass is 460 g/mol. The first-order valence-corrected chi connectivity index (χ1v) is 10.4. The number of rotatable bonds is 6. The second-order valence-electron chi connectivity index (χ2n) is 6.31. The third-order valence-corrected chi connectivity index (χ3v) is 5.93. The van der Waals surface area contributed by atoms with Crippen LogP contribution in [0.3, 0.4) is 0 Å². The molecule has 2 heterocycles. The zero-order valence-corrected chi connectivity index (χ0v) is 17.7. The van der Waals surface area contributed by atoms with E-state index in [1.165, 1.54) is 17.4 Å². The van der Waals surface area contributed by atoms with Gasteiger partial charge in [0.15, 0.2) is 11.7 Å². The number of carbonyl (C=O) groups is 1. The first kappa shape index (κ1) is 20.4. The summed E-state index contributed by atoms with van der Waals surface area (Å²) in [4.78, 5) is 28.7. The molecule has 0 spiro atoms. The number of halogens is 2. The van der Waals surface area contributed by atoms with Crippen molar-refractivity contribution in [2.24, 2.45) is 0 Å². The fourth-order valence-corrected chi connectivity index (χ4v) is 3.99. The number of benzene rings is 2. The summed E-state index contributed by atoms with van der Waals surface area (Å²) in [6, 6.07) is 13.5. The minimum absolute atomic E-state index is 0.211. The minimum Gasteiger partial charge on any atom is -0.484 e. The van der Waals surface area contributed by atoms with Gasteiger partial charge in [0.2, 0.25) is 0 Å². The molecule has 2 aromatic carbocycles. The Hall–Kier alpha value is -2.87. The average Bonchev–Trinajstić information content (AvgIpc) is 3.16. The number of hydrogen-bond donors (Lipinski definition) is 1. The van der Waals surface area contributed by atoms with Crippen molar-refractivity contribution in [2.45, 2.75) is 6.42 Å². The van der Waals surface area contributed by atoms with E-state index in [0.29, 0.717) is 32.9 Å². The van der Waals surface area contributed by atoms with Crippen LogP contribution >= 0.6 is 34.5 Å². The number of anilines is 1. The second kappa shape index (κ2) is 8.87. The van der Waals surface area contributed by atoms with Gasteiger partial charge in [-0.2, -0.15) is 0 Å². The van der Waals surface area contributed by atoms with Crippen LogP contribution in [-0.4, -0.2) is 17.5 Å². The molecule has 30 heavy (non-hydrogen) atoms. The van der Waals surface area contributed by atoms with Crippen molar-refractivity contribution in [3.05, 3.63) is 85.6 Å². The Bertz CT molecular complexity index is 1290. The normalized spacial score (nSPS) is 10.9. The number of amides is 1. The van der Waals surface area contributed by atoms with Crippen LogP contribution in [0.4, 0.5) is 5.13 Å². The Labute approximate surface area is 185 Å². The van der Waals surface area contributed by atoms with Crippen LogP contribution in [0.2, 0.25) is 10.0 Å². The second-order valence-corrected chi connectivity index (χ2v) is 8.21. The van der Waals surface area contributed by atoms with Crippen LogP contribution in [-0.2, 0) is 11.2 Å². The summed E-state index contributed by atoms with van der Waals surface area (Å²) in [5.41, 5.74) is 0.831. The molecule has 2 aromatic heterocycles. The molecule has 0 atom stereocenters. The summed E-state index contributed by atoms with van der Waals surface area (Å²) in [6.07, 6.45) is 2.25. The summed E-state index contributed by atoms with van der Waals surface area (Å²) in [5, 5.41) is 4.94. The number of nitrogens with zero attached hydrogens (tertiary/aromatic N) is 1. The Morgan fingerprint density at radius 2 is 2.00 bits per heavy atom. The quantitative estimate of drug-likeness (QED) is 0.401. The lowest BCUT2D eigenvalue weighted by Gasteiger charge is -2.06. The van der Waals surface area contributed by atoms with Gasteiger partial charge in [-0.15, -0.1) is 11.3 Å². The number of carbonyl (C=O) groups excluding carboxylic acids is 1. The lowest BCUT2D eigenvalue weighted by atomic mass is 10.1. The molecular formula is C21H14Cl2N2O4S. The Morgan fingerprint density at radius 1 is 1.17 bits per heavy atom. The van der Waals surface area contributed by atoms with E-state index >= 15 is 0 Å². The highest BCUT2D eigenvalue weighted by molar-refractivity contribution is 7.15. The molecule has 6 nitrogen and oxygen atoms in total. The molecule has 0 bridgehead atoms. The number of ether oxygens (including phenoxy) is 1. The fraction of sp³-hybridized carbons (Fsp3) is 0.0952. The molecule has 0 unspecified atom stereocenters. The van der Waals surface area contributed by atoms with Crippen molar-refractivity contribution in [1.82, 2.24) is 4.98 Å². The third kappa shape index (κ3) is 4.81. The Balaban J connectivity index is 1.35. The van der Waals surface area contributed by atoms with E-state index in [-0.39, 0.29) is 12.5 Å². The molecule has 0 saturated heterocycles. The van der Waals surface area contributed by atoms with Crippen LogP contribution in [0, 0.1) is 0 Å². The van der Waals surface area contributed by atoms with Crippen LogP contribution in [0.15, 0.2) is 63.9 Å². The number of aromatic nitrogens is 1. The molecule has 1 N–H and O–H groups in total. The van der Waals surface area contributed by atoms with Gasteiger partial charge in [-0.25, -0.2) is 9.78 Å². The van der Waals surface area contributed by atoms with Gasteiger partial charge >= 0.3 is 5.63 Å². The van der Waals surface area contributed by atoms with Crippen molar-refractivity contribution in [1.29, 1.82) is 0 Å². The number of nitrogens with one attached hydrogen (secondary N) is 1. The molecule has 0 fully saturated rings. The standard InChI is InChI=1S/C21H14Cl2N2O4S/c22-16-3-1-2-13(20(16)23)8-15-10-24-21(30-15)25-18(26)11-28-14-6-4-12-5-7-19(27)29-17(12)9-14/h1-7,9-10H,8,11H2,(H,24,25,26). The van der Waals surface area contributed by atoms with Crippen molar-refractivity contribution in [2.75, 3.05) is 11.9 Å². The topological polar surface area (TPSA) is 81.4 Å². The smallest absolute Gasteiger partial charge is 0.336 e. The molecule has 4 rings (SSSR count). The van der Waals surface area contributed by atoms with Crippen LogP contribution in [0.1, 0.15) is 10.4 Å². The zero-order chi connectivity index (χ0) is 21.1. The molecule has 1 amide bonds. The van der Waals surface area contributed by atoms with E-state index in [4.69, 9.17) is 32.4 Å². The van der Waals surface area contributed by atoms with E-state index in [1.807, 2.05) is 12.1 Å². The SMILES string of the molecule is O=C(COc1ccc2ccc(=O)oc2c1)Nc1ncc(Cc2cccc(Cl)c2Cl)s1. The Kier molecular flexibility index (Phi) is 6.03. The van der Waals surface area contributed by atoms with E-state index in [9.17, 15) is 9.59 Å². The van der Waals surface area contributed by atoms with Gasteiger partial charge in [-0.05, 0) is 29.8 Å². The lowest BCUT2D eigenvalue weighted by Crippen LogP contribution is -2.19. The molecule has 0 saturated carbocycles. The van der Waals surface area contributed by atoms with Crippen LogP contribution in [0.5, 0.6) is 5.75 Å². The number of hydrogen-bond acceptors (Lipinski definition) is 6. The molecule has 9 heteroatoms. The van der Waals surface area contributed by atoms with E-state index in [0.717, 1.165) is 15.8 Å². The van der Waals surface area contributed by atoms with E-state index in [1.54, 1.807) is 36.5 Å². The van der Waals surface area contributed by atoms with Crippen molar-refractivity contribution in [3.8, 4) is 5.75 Å². The van der Waals surface area contributed by atoms with Crippen molar-refractivity contribution in [3.63, 3.8) is 0 Å². The van der Waals surface area contributed by atoms with Gasteiger partial charge < -0.3 is 9.15 Å². The minimum atomic E-state index is -0.448. The summed E-state index contributed by atoms with van der Waals surface area (Å²) in [7, 11) is 0. The van der Waals surface area contributed by atoms with Gasteiger partial charge in [0.05, 0.1) is 10.0 Å². The predicted octanol–water partition coefficient (Wildman–Crippen LogP) is 5.16. The van der Waals surface area contributed by atoms with E-state index in [2.05, 4.69) is 10.3 Å². The molecular weight excluding hydrogens is 447 g/mol. The first-order valence-electron chi connectivity index (χ1n) is 8.82. The molecule has 0 aliphatic heterocycles. The fourth-order valence-electron chi connectivity index (χ4n) is 2.75. The van der Waals surface area contributed by atoms with Crippen molar-refractivity contribution < 1.29 is 13.9 Å². The van der Waals surface area contributed by atoms with Crippen LogP contribution in [0.25, 0.3) is 11.0 Å². The third-order valence-electron chi connectivity index (χ3n) is 4.16. The number of thiazole rings is 1. The Morgan fingerprint density at radius 3 is 2.87 bits per heavy atom. The highest BCUT2D eigenvalue weighted by Gasteiger charge is 2.11. The summed E-state index contributed by atoms with van der Waals surface area (Å²) in [5.74, 6) is 0.0636. The maximum absolute atomic E-state index is 12.2. The summed E-state index contributed by atoms with van der Waals surface area (Å²) in [6.45, 7) is -0.211. The van der Waals surface area contributed by atoms with Gasteiger partial charge in [-0.3, -0.25) is 10.1 Å². The maximum Gasteiger partial charge on any atom is 0.336 e. The average molecular weight is 461 g/mol. The van der Waals surface area contributed by atoms with Gasteiger partial charge in [-0.1, -0.05) is 35.3 Å². The highest BCUT2D eigenvalue weighted by Crippen LogP contribution is 2.29. The van der Waals surface area contributed by atoms with Crippen LogP contribution < -0.4 is 15.7 Å². The molecule has 0 aliphatic rings. The summed E-state index contributed by atoms with van der Waals surface area (Å²) >= 11 is 13.6. The van der Waals surface area contributed by atoms with Crippen molar-refractivity contribution >= 4 is 56.5 Å². The number of fused-ring (bicyclic) bond motifs is 1. The molecule has 0 radical (unpaired) electrons. The maximum atomic E-state index is 12.2. The molecule has 0 aliphatic carbocycles. The van der Waals surface area contributed by atoms with Gasteiger partial charge in [0, 0.05) is 35.0 Å². The van der Waals surface area contributed by atoms with Gasteiger partial charge in [0.1, 0.15) is 11.3 Å². The largest absolute Gasteiger partial charge is 0.484 e. The van der Waals surface area contributed by atoms with E-state index < -0.39 is 5.63 Å². The first-order chi connectivity index (χ1) is 14.5. The molecule has 152 valence electrons. The predicted molar refractivity (Wildman–Crippen MR) is 118 cm³/mol. The van der Waals surface area contributed by atoms with Gasteiger partial charge in [0.25, 0.3) is 5.91 Å².